The zero-order chi connectivity index (χ0) is 18.0. The average Bonchev–Trinajstić information content (AvgIpc) is 2.88. The van der Waals surface area contributed by atoms with E-state index in [-0.39, 0.29) is 17.9 Å². The van der Waals surface area contributed by atoms with E-state index in [1.807, 2.05) is 37.3 Å². The van der Waals surface area contributed by atoms with Gasteiger partial charge in [-0.1, -0.05) is 66.2 Å². The van der Waals surface area contributed by atoms with Crippen molar-refractivity contribution in [2.24, 2.45) is 0 Å². The van der Waals surface area contributed by atoms with Crippen molar-refractivity contribution >= 4 is 17.4 Å². The quantitative estimate of drug-likeness (QED) is 0.402. The molecule has 0 unspecified atom stereocenters. The number of aryl methyl sites for hydroxylation is 1. The van der Waals surface area contributed by atoms with Crippen LogP contribution >= 0.6 is 0 Å². The molecule has 4 heteroatoms. The summed E-state index contributed by atoms with van der Waals surface area (Å²) in [7, 11) is 0. The number of Topliss-reactive ketones (excluding diaryl/α,β-unsaturated/α-hetero) is 1. The third-order valence-corrected chi connectivity index (χ3v) is 4.31. The van der Waals surface area contributed by atoms with Gasteiger partial charge in [0.05, 0.1) is 11.6 Å². The van der Waals surface area contributed by atoms with Crippen molar-refractivity contribution in [3.63, 3.8) is 0 Å². The molecule has 4 nitrogen and oxygen atoms in total. The van der Waals surface area contributed by atoms with E-state index in [0.29, 0.717) is 5.56 Å². The lowest BCUT2D eigenvalue weighted by Gasteiger charge is -2.24. The van der Waals surface area contributed by atoms with Crippen LogP contribution in [-0.4, -0.2) is 28.2 Å². The molecule has 1 saturated heterocycles. The highest BCUT2D eigenvalue weighted by Gasteiger charge is 2.45. The topological polar surface area (TPSA) is 57.6 Å². The maximum Gasteiger partial charge on any atom is 0.295 e. The standard InChI is InChI=1S/C21H19NO3/c1-3-13-22-18(15-11-9-14(2)10-12-15)17(20(24)21(22)25)19(23)16-7-5-4-6-8-16/h3-12,18,23H,1,13H2,2H3/b19-17+/t18-/m0/s1. The Bertz CT molecular complexity index is 850. The molecule has 0 aliphatic carbocycles. The Hall–Kier alpha value is -3.14. The van der Waals surface area contributed by atoms with E-state index in [9.17, 15) is 14.7 Å². The smallest absolute Gasteiger partial charge is 0.295 e. The van der Waals surface area contributed by atoms with Gasteiger partial charge in [0, 0.05) is 12.1 Å². The van der Waals surface area contributed by atoms with Crippen molar-refractivity contribution in [1.82, 2.24) is 4.90 Å². The van der Waals surface area contributed by atoms with Crippen LogP contribution in [0.4, 0.5) is 0 Å². The highest BCUT2D eigenvalue weighted by molar-refractivity contribution is 6.46. The molecule has 1 amide bonds. The number of aliphatic hydroxyl groups excluding tert-OH is 1. The molecule has 1 aliphatic heterocycles. The first-order valence-corrected chi connectivity index (χ1v) is 8.06. The predicted octanol–water partition coefficient (Wildman–Crippen LogP) is 3.60. The second kappa shape index (κ2) is 6.77. The fourth-order valence-corrected chi connectivity index (χ4v) is 3.05. The first-order valence-electron chi connectivity index (χ1n) is 8.06. The minimum atomic E-state index is -0.672. The van der Waals surface area contributed by atoms with Crippen molar-refractivity contribution in [2.75, 3.05) is 6.54 Å². The van der Waals surface area contributed by atoms with Gasteiger partial charge in [0.2, 0.25) is 0 Å². The zero-order valence-electron chi connectivity index (χ0n) is 14.0. The van der Waals surface area contributed by atoms with Gasteiger partial charge in [-0.25, -0.2) is 0 Å². The molecule has 0 aromatic heterocycles. The van der Waals surface area contributed by atoms with E-state index in [0.717, 1.165) is 11.1 Å². The Balaban J connectivity index is 2.19. The van der Waals surface area contributed by atoms with E-state index in [1.165, 1.54) is 4.90 Å². The Labute approximate surface area is 146 Å². The normalized spacial score (nSPS) is 19.2. The molecule has 0 bridgehead atoms. The van der Waals surface area contributed by atoms with E-state index in [4.69, 9.17) is 0 Å². The number of likely N-dealkylation sites (tertiary alicyclic amines) is 1. The molecule has 1 aliphatic rings. The SMILES string of the molecule is C=CCN1C(=O)C(=O)/C(=C(/O)c2ccccc2)[C@@H]1c1ccc(C)cc1. The maximum atomic E-state index is 12.6. The van der Waals surface area contributed by atoms with Crippen LogP contribution in [0, 0.1) is 6.92 Å². The zero-order valence-corrected chi connectivity index (χ0v) is 14.0. The van der Waals surface area contributed by atoms with Crippen molar-refractivity contribution in [1.29, 1.82) is 0 Å². The third kappa shape index (κ3) is 2.98. The molecular weight excluding hydrogens is 314 g/mol. The average molecular weight is 333 g/mol. The molecule has 0 radical (unpaired) electrons. The Morgan fingerprint density at radius 1 is 1.12 bits per heavy atom. The van der Waals surface area contributed by atoms with E-state index >= 15 is 0 Å². The highest BCUT2D eigenvalue weighted by atomic mass is 16.3. The number of amides is 1. The van der Waals surface area contributed by atoms with Crippen LogP contribution in [-0.2, 0) is 9.59 Å². The molecule has 3 rings (SSSR count). The summed E-state index contributed by atoms with van der Waals surface area (Å²) in [6.07, 6.45) is 1.58. The fourth-order valence-electron chi connectivity index (χ4n) is 3.05. The molecule has 25 heavy (non-hydrogen) atoms. The monoisotopic (exact) mass is 333 g/mol. The van der Waals surface area contributed by atoms with Gasteiger partial charge in [-0.15, -0.1) is 6.58 Å². The molecule has 0 spiro atoms. The van der Waals surface area contributed by atoms with Gasteiger partial charge in [-0.3, -0.25) is 9.59 Å². The van der Waals surface area contributed by atoms with Gasteiger partial charge in [-0.05, 0) is 12.5 Å². The molecule has 2 aromatic carbocycles. The number of carbonyl (C=O) groups is 2. The van der Waals surface area contributed by atoms with Gasteiger partial charge in [0.15, 0.2) is 0 Å². The summed E-state index contributed by atoms with van der Waals surface area (Å²) in [6.45, 7) is 5.87. The first-order chi connectivity index (χ1) is 12.0. The number of nitrogens with zero attached hydrogens (tertiary/aromatic N) is 1. The number of carbonyl (C=O) groups excluding carboxylic acids is 2. The molecule has 1 N–H and O–H groups in total. The fraction of sp³-hybridized carbons (Fsp3) is 0.143. The van der Waals surface area contributed by atoms with Gasteiger partial charge in [0.25, 0.3) is 11.7 Å². The van der Waals surface area contributed by atoms with Crippen LogP contribution in [0.2, 0.25) is 0 Å². The Morgan fingerprint density at radius 3 is 2.36 bits per heavy atom. The number of aliphatic hydroxyl groups is 1. The summed E-state index contributed by atoms with van der Waals surface area (Å²) in [4.78, 5) is 26.5. The van der Waals surface area contributed by atoms with Crippen LogP contribution in [0.5, 0.6) is 0 Å². The number of ketones is 1. The van der Waals surface area contributed by atoms with Crippen molar-refractivity contribution in [2.45, 2.75) is 13.0 Å². The largest absolute Gasteiger partial charge is 0.507 e. The molecule has 1 atom stereocenters. The summed E-state index contributed by atoms with van der Waals surface area (Å²) in [5.74, 6) is -1.45. The van der Waals surface area contributed by atoms with Crippen LogP contribution in [0.1, 0.15) is 22.7 Å². The van der Waals surface area contributed by atoms with Crippen molar-refractivity contribution in [3.8, 4) is 0 Å². The molecule has 2 aromatic rings. The minimum absolute atomic E-state index is 0.113. The maximum absolute atomic E-state index is 12.6. The Morgan fingerprint density at radius 2 is 1.76 bits per heavy atom. The van der Waals surface area contributed by atoms with Gasteiger partial charge in [0.1, 0.15) is 5.76 Å². The number of benzene rings is 2. The predicted molar refractivity (Wildman–Crippen MR) is 96.8 cm³/mol. The summed E-state index contributed by atoms with van der Waals surface area (Å²) in [5, 5.41) is 10.7. The van der Waals surface area contributed by atoms with Crippen molar-refractivity contribution < 1.29 is 14.7 Å². The van der Waals surface area contributed by atoms with Crippen molar-refractivity contribution in [3.05, 3.63) is 89.5 Å². The lowest BCUT2D eigenvalue weighted by Crippen LogP contribution is -2.29. The van der Waals surface area contributed by atoms with Crippen LogP contribution in [0.25, 0.3) is 5.76 Å². The number of hydrogen-bond donors (Lipinski definition) is 1. The molecular formula is C21H19NO3. The summed E-state index contributed by atoms with van der Waals surface area (Å²) in [5.41, 5.74) is 2.48. The summed E-state index contributed by atoms with van der Waals surface area (Å²) >= 11 is 0. The lowest BCUT2D eigenvalue weighted by atomic mass is 9.95. The van der Waals surface area contributed by atoms with E-state index in [1.54, 1.807) is 30.3 Å². The second-order valence-corrected chi connectivity index (χ2v) is 6.02. The summed E-state index contributed by atoms with van der Waals surface area (Å²) in [6, 6.07) is 15.8. The van der Waals surface area contributed by atoms with Crippen LogP contribution < -0.4 is 0 Å². The van der Waals surface area contributed by atoms with Gasteiger partial charge >= 0.3 is 0 Å². The minimum Gasteiger partial charge on any atom is -0.507 e. The van der Waals surface area contributed by atoms with E-state index in [2.05, 4.69) is 6.58 Å². The first kappa shape index (κ1) is 16.7. The van der Waals surface area contributed by atoms with Gasteiger partial charge < -0.3 is 10.0 Å². The lowest BCUT2D eigenvalue weighted by molar-refractivity contribution is -0.139. The van der Waals surface area contributed by atoms with Crippen LogP contribution in [0.15, 0.2) is 72.8 Å². The third-order valence-electron chi connectivity index (χ3n) is 4.31. The summed E-state index contributed by atoms with van der Waals surface area (Å²) < 4.78 is 0. The molecule has 126 valence electrons. The number of hydrogen-bond acceptors (Lipinski definition) is 3. The number of rotatable bonds is 4. The molecule has 1 heterocycles. The van der Waals surface area contributed by atoms with Crippen LogP contribution in [0.3, 0.4) is 0 Å². The second-order valence-electron chi connectivity index (χ2n) is 6.02. The van der Waals surface area contributed by atoms with E-state index < -0.39 is 17.7 Å². The Kier molecular flexibility index (Phi) is 4.52. The molecule has 0 saturated carbocycles. The highest BCUT2D eigenvalue weighted by Crippen LogP contribution is 2.39. The van der Waals surface area contributed by atoms with Gasteiger partial charge in [-0.2, -0.15) is 0 Å². The molecule has 1 fully saturated rings.